The molecule has 1 fully saturated rings. The highest BCUT2D eigenvalue weighted by molar-refractivity contribution is 7.93. The molecule has 15 heteroatoms. The second kappa shape index (κ2) is 16.3. The lowest BCUT2D eigenvalue weighted by molar-refractivity contribution is -0.134. The number of likely N-dealkylation sites (tertiary alicyclic amines) is 1. The Balaban J connectivity index is 0.00000337. The highest BCUT2D eigenvalue weighted by Crippen LogP contribution is 2.30. The Labute approximate surface area is 269 Å². The molecular weight excluding hydrogens is 631 g/mol. The topological polar surface area (TPSA) is 192 Å². The van der Waals surface area contributed by atoms with E-state index in [1.807, 2.05) is 0 Å². The summed E-state index contributed by atoms with van der Waals surface area (Å²) >= 11 is 0. The number of hydrogen-bond donors (Lipinski definition) is 4. The third-order valence-electron chi connectivity index (χ3n) is 7.14. The van der Waals surface area contributed by atoms with Gasteiger partial charge in [0.25, 0.3) is 5.91 Å². The Kier molecular flexibility index (Phi) is 13.5. The average molecular weight is 670 g/mol. The molecule has 1 amide bonds. The normalized spacial score (nSPS) is 15.5. The lowest BCUT2D eigenvalue weighted by atomic mass is 10.0. The number of carboxylic acids is 1. The molecular formula is C29H38Cl2N6O6S. The quantitative estimate of drug-likeness (QED) is 0.207. The molecule has 12 nitrogen and oxygen atoms in total. The second-order valence-corrected chi connectivity index (χ2v) is 12.1. The van der Waals surface area contributed by atoms with Gasteiger partial charge in [0.2, 0.25) is 10.0 Å². The summed E-state index contributed by atoms with van der Waals surface area (Å²) in [5.41, 5.74) is 12.5. The van der Waals surface area contributed by atoms with E-state index in [2.05, 4.69) is 9.89 Å². The van der Waals surface area contributed by atoms with Gasteiger partial charge < -0.3 is 26.2 Å². The Morgan fingerprint density at radius 1 is 1.11 bits per heavy atom. The van der Waals surface area contributed by atoms with Crippen LogP contribution in [0.5, 0.6) is 5.75 Å². The minimum atomic E-state index is -4.33. The molecule has 0 aliphatic carbocycles. The minimum absolute atomic E-state index is 0. The molecule has 0 aromatic heterocycles. The number of nitrogens with zero attached hydrogens (tertiary/aromatic N) is 3. The SMILES string of the molecule is Cl.Cl.N=C(N)c1cccc(/C=C/CN(c2ccc(OC3CCN(C4=NCCCC4)CC3)c(C(N)=O)c2)S(=O)(=O)CC(=O)O)c1. The van der Waals surface area contributed by atoms with E-state index in [1.165, 1.54) is 24.3 Å². The van der Waals surface area contributed by atoms with Crippen LogP contribution >= 0.6 is 24.8 Å². The summed E-state index contributed by atoms with van der Waals surface area (Å²) in [6.45, 7) is 2.22. The first-order valence-corrected chi connectivity index (χ1v) is 15.4. The molecule has 1 saturated heterocycles. The predicted octanol–water partition coefficient (Wildman–Crippen LogP) is 3.27. The zero-order chi connectivity index (χ0) is 30.3. The van der Waals surface area contributed by atoms with Crippen LogP contribution in [-0.2, 0) is 14.8 Å². The van der Waals surface area contributed by atoms with Crippen LogP contribution in [0.25, 0.3) is 6.08 Å². The number of aliphatic carboxylic acids is 1. The Morgan fingerprint density at radius 3 is 2.45 bits per heavy atom. The number of carbonyl (C=O) groups is 2. The number of hydrogen-bond acceptors (Lipinski definition) is 8. The van der Waals surface area contributed by atoms with Crippen molar-refractivity contribution in [1.29, 1.82) is 5.41 Å². The molecule has 6 N–H and O–H groups in total. The zero-order valence-corrected chi connectivity index (χ0v) is 26.5. The third kappa shape index (κ3) is 9.60. The van der Waals surface area contributed by atoms with Crippen LogP contribution in [0.3, 0.4) is 0 Å². The molecule has 2 aliphatic heterocycles. The van der Waals surface area contributed by atoms with Crippen molar-refractivity contribution in [2.24, 2.45) is 16.5 Å². The summed E-state index contributed by atoms with van der Waals surface area (Å²) in [4.78, 5) is 30.7. The van der Waals surface area contributed by atoms with Gasteiger partial charge in [-0.1, -0.05) is 30.4 Å². The van der Waals surface area contributed by atoms with Gasteiger partial charge in [0, 0.05) is 44.5 Å². The van der Waals surface area contributed by atoms with Crippen molar-refractivity contribution in [3.8, 4) is 5.75 Å². The first-order chi connectivity index (χ1) is 20.0. The average Bonchev–Trinajstić information content (AvgIpc) is 2.96. The van der Waals surface area contributed by atoms with E-state index >= 15 is 0 Å². The maximum Gasteiger partial charge on any atom is 0.320 e. The lowest BCUT2D eigenvalue weighted by Gasteiger charge is -2.35. The number of rotatable bonds is 11. The molecule has 0 radical (unpaired) electrons. The van der Waals surface area contributed by atoms with Crippen molar-refractivity contribution in [2.75, 3.05) is 36.2 Å². The largest absolute Gasteiger partial charge is 0.489 e. The molecule has 0 atom stereocenters. The van der Waals surface area contributed by atoms with E-state index in [0.717, 1.165) is 61.9 Å². The van der Waals surface area contributed by atoms with Crippen molar-refractivity contribution in [3.63, 3.8) is 0 Å². The van der Waals surface area contributed by atoms with Crippen LogP contribution in [0.4, 0.5) is 5.69 Å². The Bertz CT molecular complexity index is 1510. The number of nitrogens with one attached hydrogen (secondary N) is 1. The van der Waals surface area contributed by atoms with Gasteiger partial charge in [0.1, 0.15) is 17.7 Å². The number of amidine groups is 2. The molecule has 2 heterocycles. The summed E-state index contributed by atoms with van der Waals surface area (Å²) in [5.74, 6) is -2.18. The molecule has 4 rings (SSSR count). The van der Waals surface area contributed by atoms with Gasteiger partial charge in [-0.3, -0.25) is 24.3 Å². The highest BCUT2D eigenvalue weighted by Gasteiger charge is 2.28. The summed E-state index contributed by atoms with van der Waals surface area (Å²) in [6.07, 6.45) is 7.72. The first kappa shape index (κ1) is 36.4. The van der Waals surface area contributed by atoms with Gasteiger partial charge in [-0.15, -0.1) is 24.8 Å². The van der Waals surface area contributed by atoms with E-state index in [0.29, 0.717) is 11.1 Å². The van der Waals surface area contributed by atoms with Gasteiger partial charge in [0.15, 0.2) is 5.75 Å². The fourth-order valence-corrected chi connectivity index (χ4v) is 6.24. The maximum absolute atomic E-state index is 13.1. The summed E-state index contributed by atoms with van der Waals surface area (Å²) in [5, 5.41) is 16.8. The van der Waals surface area contributed by atoms with Crippen molar-refractivity contribution in [1.82, 2.24) is 4.90 Å². The molecule has 2 aromatic carbocycles. The van der Waals surface area contributed by atoms with E-state index < -0.39 is 27.7 Å². The first-order valence-electron chi connectivity index (χ1n) is 13.8. The van der Waals surface area contributed by atoms with Crippen LogP contribution in [0, 0.1) is 5.41 Å². The predicted molar refractivity (Wildman–Crippen MR) is 176 cm³/mol. The molecule has 2 aliphatic rings. The number of nitrogen functional groups attached to an aromatic ring is 1. The van der Waals surface area contributed by atoms with E-state index in [-0.39, 0.29) is 60.3 Å². The number of piperidine rings is 1. The number of anilines is 1. The number of benzene rings is 2. The summed E-state index contributed by atoms with van der Waals surface area (Å²) in [7, 11) is -4.33. The van der Waals surface area contributed by atoms with Crippen LogP contribution in [0.15, 0.2) is 53.5 Å². The zero-order valence-electron chi connectivity index (χ0n) is 24.1. The number of nitrogens with two attached hydrogens (primary N) is 2. The Morgan fingerprint density at radius 2 is 1.84 bits per heavy atom. The van der Waals surface area contributed by atoms with E-state index in [4.69, 9.17) is 21.6 Å². The van der Waals surface area contributed by atoms with Gasteiger partial charge in [-0.05, 0) is 42.7 Å². The van der Waals surface area contributed by atoms with Crippen LogP contribution in [0.2, 0.25) is 0 Å². The molecule has 0 bridgehead atoms. The van der Waals surface area contributed by atoms with Crippen LogP contribution in [0.1, 0.15) is 53.6 Å². The standard InChI is InChI=1S/C29H36N6O6S.2ClH/c30-28(31)21-7-3-5-20(17-21)6-4-14-35(42(39,40)19-27(36)37)22-9-10-25(24(18-22)29(32)38)41-23-11-15-34(16-12-23)26-8-1-2-13-33-26;;/h3-7,9-10,17-18,23H,1-2,8,11-16,19H2,(H3,30,31)(H2,32,38)(H,36,37);2*1H/b6-4+;;. The van der Waals surface area contributed by atoms with Crippen molar-refractivity contribution in [2.45, 2.75) is 38.2 Å². The summed E-state index contributed by atoms with van der Waals surface area (Å²) < 4.78 is 33.2. The fraction of sp³-hybridized carbons (Fsp3) is 0.379. The monoisotopic (exact) mass is 668 g/mol. The minimum Gasteiger partial charge on any atom is -0.489 e. The molecule has 240 valence electrons. The van der Waals surface area contributed by atoms with Gasteiger partial charge in [0.05, 0.1) is 23.6 Å². The van der Waals surface area contributed by atoms with Gasteiger partial charge in [-0.2, -0.15) is 0 Å². The lowest BCUT2D eigenvalue weighted by Crippen LogP contribution is -2.42. The number of sulfonamides is 1. The van der Waals surface area contributed by atoms with Crippen molar-refractivity contribution in [3.05, 3.63) is 65.2 Å². The van der Waals surface area contributed by atoms with Crippen molar-refractivity contribution >= 4 is 70.1 Å². The molecule has 0 spiro atoms. The number of carbonyl (C=O) groups excluding carboxylic acids is 1. The number of carboxylic acid groups (broad SMARTS) is 1. The summed E-state index contributed by atoms with van der Waals surface area (Å²) in [6, 6.07) is 11.1. The number of amides is 1. The Hall–Kier alpha value is -3.81. The smallest absolute Gasteiger partial charge is 0.320 e. The molecule has 44 heavy (non-hydrogen) atoms. The van der Waals surface area contributed by atoms with Gasteiger partial charge >= 0.3 is 5.97 Å². The number of primary amides is 1. The number of halogens is 2. The fourth-order valence-electron chi connectivity index (χ4n) is 5.03. The van der Waals surface area contributed by atoms with Gasteiger partial charge in [-0.25, -0.2) is 8.42 Å². The molecule has 0 saturated carbocycles. The van der Waals surface area contributed by atoms with E-state index in [1.54, 1.807) is 30.3 Å². The second-order valence-electron chi connectivity index (χ2n) is 10.2. The van der Waals surface area contributed by atoms with Crippen LogP contribution < -0.4 is 20.5 Å². The third-order valence-corrected chi connectivity index (χ3v) is 8.78. The van der Waals surface area contributed by atoms with E-state index in [9.17, 15) is 23.1 Å². The molecule has 2 aromatic rings. The maximum atomic E-state index is 13.1. The van der Waals surface area contributed by atoms with Crippen molar-refractivity contribution < 1.29 is 27.9 Å². The highest BCUT2D eigenvalue weighted by atomic mass is 35.5. The molecule has 0 unspecified atom stereocenters. The number of aliphatic imine (C=N–C) groups is 1. The number of ether oxygens (including phenoxy) is 1. The van der Waals surface area contributed by atoms with Crippen LogP contribution in [-0.4, -0.2) is 80.0 Å².